The number of rotatable bonds is 3. The van der Waals surface area contributed by atoms with Gasteiger partial charge in [0.05, 0.1) is 5.67 Å². The fraction of sp³-hybridized carbons (Fsp3) is 0.0769. The van der Waals surface area contributed by atoms with E-state index in [-0.39, 0.29) is 0 Å². The predicted molar refractivity (Wildman–Crippen MR) is 71.3 cm³/mol. The number of allylic oxidation sites excluding steroid dienone is 3. The third kappa shape index (κ3) is 4.24. The molecule has 2 nitrogen and oxygen atoms in total. The molecular weight excluding hydrogens is 220 g/mol. The van der Waals surface area contributed by atoms with Gasteiger partial charge in [0.1, 0.15) is 0 Å². The maximum atomic E-state index is 5.48. The number of aliphatic imine (C=N–C) groups is 2. The summed E-state index contributed by atoms with van der Waals surface area (Å²) in [5, 5.41) is 0. The minimum absolute atomic E-state index is 0.594. The third-order valence-corrected chi connectivity index (χ3v) is 1.89. The van der Waals surface area contributed by atoms with E-state index in [0.717, 1.165) is 5.56 Å². The zero-order chi connectivity index (χ0) is 11.6. The fourth-order valence-corrected chi connectivity index (χ4v) is 1.18. The van der Waals surface area contributed by atoms with Gasteiger partial charge in [-0.25, -0.2) is 9.98 Å². The summed E-state index contributed by atoms with van der Waals surface area (Å²) < 4.78 is 0. The Bertz CT molecular complexity index is 417. The molecule has 0 radical (unpaired) electrons. The number of hydrogen-bond acceptors (Lipinski definition) is 1. The molecule has 82 valence electrons. The molecule has 0 saturated heterocycles. The Morgan fingerprint density at radius 2 is 1.94 bits per heavy atom. The molecule has 0 atom stereocenters. The smallest absolute Gasteiger partial charge is 0.160 e. The molecule has 0 amide bonds. The van der Waals surface area contributed by atoms with Crippen molar-refractivity contribution in [1.82, 2.24) is 0 Å². The monoisotopic (exact) mass is 232 g/mol. The van der Waals surface area contributed by atoms with Gasteiger partial charge in [-0.1, -0.05) is 54.1 Å². The van der Waals surface area contributed by atoms with Gasteiger partial charge in [-0.2, -0.15) is 0 Å². The first-order valence-corrected chi connectivity index (χ1v) is 5.36. The lowest BCUT2D eigenvalue weighted by Gasteiger charge is -1.97. The fourth-order valence-electron chi connectivity index (χ4n) is 1.09. The van der Waals surface area contributed by atoms with Gasteiger partial charge in [0.2, 0.25) is 0 Å². The summed E-state index contributed by atoms with van der Waals surface area (Å²) >= 11 is 5.48. The summed E-state index contributed by atoms with van der Waals surface area (Å²) in [4.78, 5) is 8.23. The molecule has 3 heteroatoms. The average Bonchev–Trinajstić information content (AvgIpc) is 2.34. The van der Waals surface area contributed by atoms with Crippen LogP contribution in [0.3, 0.4) is 0 Å². The van der Waals surface area contributed by atoms with E-state index in [0.29, 0.717) is 5.84 Å². The first kappa shape index (κ1) is 12.4. The van der Waals surface area contributed by atoms with E-state index < -0.39 is 0 Å². The van der Waals surface area contributed by atoms with Crippen LogP contribution in [0.15, 0.2) is 64.7 Å². The SMILES string of the molecule is C/C=C\C=C/N=C(N=CCl)c1ccccc1. The molecule has 16 heavy (non-hydrogen) atoms. The second-order valence-electron chi connectivity index (χ2n) is 2.91. The normalized spacial score (nSPS) is 13.2. The van der Waals surface area contributed by atoms with E-state index in [2.05, 4.69) is 9.98 Å². The lowest BCUT2D eigenvalue weighted by atomic mass is 10.2. The van der Waals surface area contributed by atoms with Gasteiger partial charge in [0.15, 0.2) is 5.84 Å². The molecule has 0 spiro atoms. The largest absolute Gasteiger partial charge is 0.237 e. The van der Waals surface area contributed by atoms with Gasteiger partial charge in [-0.05, 0) is 13.0 Å². The highest BCUT2D eigenvalue weighted by molar-refractivity contribution is 6.57. The van der Waals surface area contributed by atoms with Crippen LogP contribution in [0.5, 0.6) is 0 Å². The predicted octanol–water partition coefficient (Wildman–Crippen LogP) is 3.79. The Balaban J connectivity index is 2.92. The minimum Gasteiger partial charge on any atom is -0.237 e. The molecule has 0 saturated carbocycles. The van der Waals surface area contributed by atoms with Crippen LogP contribution in [0.1, 0.15) is 12.5 Å². The van der Waals surface area contributed by atoms with E-state index in [9.17, 15) is 0 Å². The average molecular weight is 233 g/mol. The van der Waals surface area contributed by atoms with E-state index in [1.807, 2.05) is 55.5 Å². The van der Waals surface area contributed by atoms with E-state index in [1.54, 1.807) is 6.20 Å². The molecule has 1 aromatic rings. The van der Waals surface area contributed by atoms with Crippen molar-refractivity contribution in [1.29, 1.82) is 0 Å². The van der Waals surface area contributed by atoms with Crippen molar-refractivity contribution in [3.63, 3.8) is 0 Å². The number of nitrogens with zero attached hydrogens (tertiary/aromatic N) is 2. The molecular formula is C13H13ClN2. The summed E-state index contributed by atoms with van der Waals surface area (Å²) in [5.74, 6) is 0.594. The maximum absolute atomic E-state index is 5.48. The number of hydrogen-bond donors (Lipinski definition) is 0. The van der Waals surface area contributed by atoms with Crippen LogP contribution in [0.25, 0.3) is 0 Å². The van der Waals surface area contributed by atoms with Crippen LogP contribution in [-0.2, 0) is 0 Å². The van der Waals surface area contributed by atoms with Gasteiger partial charge < -0.3 is 0 Å². The van der Waals surface area contributed by atoms with E-state index in [4.69, 9.17) is 11.6 Å². The van der Waals surface area contributed by atoms with Crippen LogP contribution >= 0.6 is 11.6 Å². The first-order valence-electron chi connectivity index (χ1n) is 4.92. The van der Waals surface area contributed by atoms with Gasteiger partial charge in [-0.3, -0.25) is 0 Å². The minimum atomic E-state index is 0.594. The van der Waals surface area contributed by atoms with Crippen LogP contribution in [0.4, 0.5) is 0 Å². The highest BCUT2D eigenvalue weighted by atomic mass is 35.5. The number of halogens is 1. The number of benzene rings is 1. The molecule has 0 N–H and O–H groups in total. The quantitative estimate of drug-likeness (QED) is 0.430. The number of amidine groups is 1. The molecule has 0 aliphatic heterocycles. The molecule has 0 heterocycles. The summed E-state index contributed by atoms with van der Waals surface area (Å²) in [7, 11) is 0. The van der Waals surface area contributed by atoms with E-state index >= 15 is 0 Å². The van der Waals surface area contributed by atoms with Gasteiger partial charge in [0, 0.05) is 11.8 Å². The Labute approximate surface area is 101 Å². The Hall–Kier alpha value is -1.67. The molecule has 0 aliphatic rings. The third-order valence-electron chi connectivity index (χ3n) is 1.79. The summed E-state index contributed by atoms with van der Waals surface area (Å²) in [5.41, 5.74) is 2.15. The summed E-state index contributed by atoms with van der Waals surface area (Å²) in [6.45, 7) is 1.95. The van der Waals surface area contributed by atoms with Crippen LogP contribution in [0.2, 0.25) is 0 Å². The second-order valence-corrected chi connectivity index (χ2v) is 3.11. The van der Waals surface area contributed by atoms with Crippen molar-refractivity contribution >= 4 is 23.1 Å². The van der Waals surface area contributed by atoms with Crippen LogP contribution in [0, 0.1) is 0 Å². The molecule has 1 rings (SSSR count). The van der Waals surface area contributed by atoms with Gasteiger partial charge >= 0.3 is 0 Å². The molecule has 0 unspecified atom stereocenters. The molecule has 0 fully saturated rings. The molecule has 1 aromatic carbocycles. The zero-order valence-corrected chi connectivity index (χ0v) is 9.80. The maximum Gasteiger partial charge on any atom is 0.160 e. The lowest BCUT2D eigenvalue weighted by molar-refractivity contribution is 1.47. The summed E-state index contributed by atoms with van der Waals surface area (Å²) in [6, 6.07) is 9.69. The van der Waals surface area contributed by atoms with Gasteiger partial charge in [-0.15, -0.1) is 0 Å². The molecule has 0 bridgehead atoms. The Morgan fingerprint density at radius 3 is 2.56 bits per heavy atom. The highest BCUT2D eigenvalue weighted by Gasteiger charge is 1.97. The highest BCUT2D eigenvalue weighted by Crippen LogP contribution is 2.03. The standard InChI is InChI=1S/C13H13ClN2/c1-2-3-7-10-15-13(16-11-14)12-8-5-4-6-9-12/h2-11H,1H3/b3-2-,10-7-,15-13?,16-11?. The van der Waals surface area contributed by atoms with Crippen molar-refractivity contribution in [3.8, 4) is 0 Å². The van der Waals surface area contributed by atoms with E-state index in [1.165, 1.54) is 5.67 Å². The van der Waals surface area contributed by atoms with Crippen molar-refractivity contribution in [3.05, 3.63) is 60.3 Å². The summed E-state index contributed by atoms with van der Waals surface area (Å²) in [6.07, 6.45) is 7.36. The van der Waals surface area contributed by atoms with Gasteiger partial charge in [0.25, 0.3) is 0 Å². The molecule has 0 aromatic heterocycles. The van der Waals surface area contributed by atoms with Crippen molar-refractivity contribution in [2.24, 2.45) is 9.98 Å². The first-order chi connectivity index (χ1) is 7.88. The van der Waals surface area contributed by atoms with Crippen LogP contribution in [-0.4, -0.2) is 11.5 Å². The van der Waals surface area contributed by atoms with Crippen molar-refractivity contribution < 1.29 is 0 Å². The van der Waals surface area contributed by atoms with Crippen molar-refractivity contribution in [2.45, 2.75) is 6.92 Å². The van der Waals surface area contributed by atoms with Crippen molar-refractivity contribution in [2.75, 3.05) is 0 Å². The molecule has 0 aliphatic carbocycles. The Kier molecular flexibility index (Phi) is 5.89. The second kappa shape index (κ2) is 7.60. The topological polar surface area (TPSA) is 24.7 Å². The van der Waals surface area contributed by atoms with Crippen LogP contribution < -0.4 is 0 Å². The lowest BCUT2D eigenvalue weighted by Crippen LogP contribution is -1.95. The zero-order valence-electron chi connectivity index (χ0n) is 9.05. The Morgan fingerprint density at radius 1 is 1.19 bits per heavy atom.